The number of hydrogen-bond donors (Lipinski definition) is 1. The molecule has 0 saturated carbocycles. The minimum absolute atomic E-state index is 0.172. The SMILES string of the molecule is CC(=O)N(CC(=O)O)C1CCCN(C(=O)c2oc(C)nc2C)CC1. The first kappa shape index (κ1) is 18.0. The summed E-state index contributed by atoms with van der Waals surface area (Å²) in [6, 6.07) is -0.172. The van der Waals surface area contributed by atoms with Gasteiger partial charge in [0.25, 0.3) is 5.91 Å². The fraction of sp³-hybridized carbons (Fsp3) is 0.625. The Kier molecular flexibility index (Phi) is 5.58. The molecule has 2 heterocycles. The number of likely N-dealkylation sites (tertiary alicyclic amines) is 1. The van der Waals surface area contributed by atoms with E-state index in [-0.39, 0.29) is 30.2 Å². The van der Waals surface area contributed by atoms with Crippen LogP contribution in [-0.2, 0) is 9.59 Å². The van der Waals surface area contributed by atoms with Gasteiger partial charge in [-0.1, -0.05) is 0 Å². The van der Waals surface area contributed by atoms with Gasteiger partial charge in [0.05, 0.1) is 5.69 Å². The van der Waals surface area contributed by atoms with Crippen molar-refractivity contribution in [2.45, 2.75) is 46.1 Å². The molecule has 0 spiro atoms. The van der Waals surface area contributed by atoms with Crippen molar-refractivity contribution in [1.29, 1.82) is 0 Å². The van der Waals surface area contributed by atoms with E-state index in [2.05, 4.69) is 4.98 Å². The van der Waals surface area contributed by atoms with Gasteiger partial charge >= 0.3 is 5.97 Å². The molecule has 132 valence electrons. The molecule has 2 rings (SSSR count). The van der Waals surface area contributed by atoms with Crippen molar-refractivity contribution in [1.82, 2.24) is 14.8 Å². The molecular formula is C16H23N3O5. The number of oxazole rings is 1. The van der Waals surface area contributed by atoms with E-state index in [0.717, 1.165) is 0 Å². The van der Waals surface area contributed by atoms with E-state index in [4.69, 9.17) is 9.52 Å². The standard InChI is InChI=1S/C16H23N3O5/c1-10-15(24-11(2)17-10)16(23)18-7-4-5-13(6-8-18)19(12(3)20)9-14(21)22/h13H,4-9H2,1-3H3,(H,21,22). The highest BCUT2D eigenvalue weighted by Gasteiger charge is 2.29. The van der Waals surface area contributed by atoms with E-state index < -0.39 is 5.97 Å². The fourth-order valence-electron chi connectivity index (χ4n) is 3.11. The van der Waals surface area contributed by atoms with E-state index in [1.165, 1.54) is 11.8 Å². The van der Waals surface area contributed by atoms with Gasteiger partial charge in [0, 0.05) is 33.0 Å². The van der Waals surface area contributed by atoms with Gasteiger partial charge in [-0.25, -0.2) is 4.98 Å². The molecular weight excluding hydrogens is 314 g/mol. The molecule has 1 fully saturated rings. The second kappa shape index (κ2) is 7.46. The molecule has 0 aliphatic carbocycles. The van der Waals surface area contributed by atoms with Crippen LogP contribution >= 0.6 is 0 Å². The molecule has 1 atom stereocenters. The zero-order chi connectivity index (χ0) is 17.9. The molecule has 8 nitrogen and oxygen atoms in total. The predicted molar refractivity (Wildman–Crippen MR) is 84.5 cm³/mol. The third kappa shape index (κ3) is 4.12. The number of carboxylic acids is 1. The van der Waals surface area contributed by atoms with Crippen LogP contribution in [0, 0.1) is 13.8 Å². The monoisotopic (exact) mass is 337 g/mol. The van der Waals surface area contributed by atoms with Crippen molar-refractivity contribution in [3.63, 3.8) is 0 Å². The van der Waals surface area contributed by atoms with E-state index in [9.17, 15) is 14.4 Å². The minimum Gasteiger partial charge on any atom is -0.480 e. The Morgan fingerprint density at radius 2 is 2.00 bits per heavy atom. The van der Waals surface area contributed by atoms with Gasteiger partial charge in [0.1, 0.15) is 6.54 Å². The molecule has 1 aromatic heterocycles. The number of amides is 2. The van der Waals surface area contributed by atoms with Gasteiger partial charge in [0.2, 0.25) is 11.7 Å². The summed E-state index contributed by atoms with van der Waals surface area (Å²) in [5.41, 5.74) is 0.564. The van der Waals surface area contributed by atoms with Crippen molar-refractivity contribution >= 4 is 17.8 Å². The number of hydrogen-bond acceptors (Lipinski definition) is 5. The van der Waals surface area contributed by atoms with Gasteiger partial charge < -0.3 is 19.3 Å². The number of aryl methyl sites for hydroxylation is 2. The van der Waals surface area contributed by atoms with Crippen LogP contribution in [0.2, 0.25) is 0 Å². The van der Waals surface area contributed by atoms with E-state index >= 15 is 0 Å². The second-order valence-corrected chi connectivity index (χ2v) is 6.07. The molecule has 0 aromatic carbocycles. The zero-order valence-electron chi connectivity index (χ0n) is 14.2. The topological polar surface area (TPSA) is 104 Å². The summed E-state index contributed by atoms with van der Waals surface area (Å²) in [4.78, 5) is 42.5. The lowest BCUT2D eigenvalue weighted by molar-refractivity contribution is -0.145. The molecule has 1 aromatic rings. The number of rotatable bonds is 4. The van der Waals surface area contributed by atoms with E-state index in [1.807, 2.05) is 0 Å². The predicted octanol–water partition coefficient (Wildman–Crippen LogP) is 1.22. The maximum Gasteiger partial charge on any atom is 0.323 e. The summed E-state index contributed by atoms with van der Waals surface area (Å²) < 4.78 is 5.39. The largest absolute Gasteiger partial charge is 0.480 e. The van der Waals surface area contributed by atoms with Crippen molar-refractivity contribution in [3.8, 4) is 0 Å². The van der Waals surface area contributed by atoms with Crippen LogP contribution in [0.4, 0.5) is 0 Å². The molecule has 2 amide bonds. The number of aromatic nitrogens is 1. The van der Waals surface area contributed by atoms with Gasteiger partial charge in [0.15, 0.2) is 5.89 Å². The van der Waals surface area contributed by atoms with Crippen LogP contribution in [-0.4, -0.2) is 63.4 Å². The molecule has 0 bridgehead atoms. The Labute approximate surface area is 140 Å². The van der Waals surface area contributed by atoms with Crippen LogP contribution in [0.15, 0.2) is 4.42 Å². The van der Waals surface area contributed by atoms with Crippen molar-refractivity contribution < 1.29 is 23.9 Å². The number of carboxylic acid groups (broad SMARTS) is 1. The quantitative estimate of drug-likeness (QED) is 0.886. The first-order valence-electron chi connectivity index (χ1n) is 8.02. The highest BCUT2D eigenvalue weighted by atomic mass is 16.4. The Morgan fingerprint density at radius 3 is 2.54 bits per heavy atom. The minimum atomic E-state index is -1.03. The molecule has 8 heteroatoms. The van der Waals surface area contributed by atoms with E-state index in [1.54, 1.807) is 18.7 Å². The summed E-state index contributed by atoms with van der Waals surface area (Å²) >= 11 is 0. The van der Waals surface area contributed by atoms with Crippen molar-refractivity contribution in [2.75, 3.05) is 19.6 Å². The molecule has 1 saturated heterocycles. The summed E-state index contributed by atoms with van der Waals surface area (Å²) in [5.74, 6) is -0.798. The average Bonchev–Trinajstić information content (AvgIpc) is 2.71. The lowest BCUT2D eigenvalue weighted by Gasteiger charge is -2.28. The molecule has 1 N–H and O–H groups in total. The molecule has 1 aliphatic rings. The van der Waals surface area contributed by atoms with Crippen LogP contribution in [0.3, 0.4) is 0 Å². The Bertz CT molecular complexity index is 640. The molecule has 1 aliphatic heterocycles. The average molecular weight is 337 g/mol. The third-order valence-electron chi connectivity index (χ3n) is 4.23. The number of carbonyl (C=O) groups is 3. The Balaban J connectivity index is 2.06. The van der Waals surface area contributed by atoms with Gasteiger partial charge in [-0.2, -0.15) is 0 Å². The lowest BCUT2D eigenvalue weighted by Crippen LogP contribution is -2.43. The summed E-state index contributed by atoms with van der Waals surface area (Å²) in [5, 5.41) is 8.98. The molecule has 0 radical (unpaired) electrons. The van der Waals surface area contributed by atoms with Gasteiger partial charge in [-0.3, -0.25) is 14.4 Å². The maximum absolute atomic E-state index is 12.6. The second-order valence-electron chi connectivity index (χ2n) is 6.07. The Hall–Kier alpha value is -2.38. The third-order valence-corrected chi connectivity index (χ3v) is 4.23. The highest BCUT2D eigenvalue weighted by Crippen LogP contribution is 2.20. The van der Waals surface area contributed by atoms with Crippen molar-refractivity contribution in [3.05, 3.63) is 17.3 Å². The first-order chi connectivity index (χ1) is 11.3. The number of aliphatic carboxylic acids is 1. The highest BCUT2D eigenvalue weighted by molar-refractivity contribution is 5.92. The molecule has 24 heavy (non-hydrogen) atoms. The lowest BCUT2D eigenvalue weighted by atomic mass is 10.1. The summed E-state index contributed by atoms with van der Waals surface area (Å²) in [6.07, 6.45) is 1.92. The molecule has 1 unspecified atom stereocenters. The fourth-order valence-corrected chi connectivity index (χ4v) is 3.11. The van der Waals surface area contributed by atoms with Crippen LogP contribution in [0.5, 0.6) is 0 Å². The van der Waals surface area contributed by atoms with Gasteiger partial charge in [-0.05, 0) is 26.2 Å². The van der Waals surface area contributed by atoms with Crippen LogP contribution < -0.4 is 0 Å². The summed E-state index contributed by atoms with van der Waals surface area (Å²) in [6.45, 7) is 5.48. The summed E-state index contributed by atoms with van der Waals surface area (Å²) in [7, 11) is 0. The zero-order valence-corrected chi connectivity index (χ0v) is 14.2. The number of nitrogens with zero attached hydrogens (tertiary/aromatic N) is 3. The number of carbonyl (C=O) groups excluding carboxylic acids is 2. The van der Waals surface area contributed by atoms with Crippen molar-refractivity contribution in [2.24, 2.45) is 0 Å². The Morgan fingerprint density at radius 1 is 1.29 bits per heavy atom. The smallest absolute Gasteiger partial charge is 0.323 e. The normalized spacial score (nSPS) is 18.1. The van der Waals surface area contributed by atoms with Crippen LogP contribution in [0.25, 0.3) is 0 Å². The first-order valence-corrected chi connectivity index (χ1v) is 8.02. The van der Waals surface area contributed by atoms with Gasteiger partial charge in [-0.15, -0.1) is 0 Å². The maximum atomic E-state index is 12.6. The van der Waals surface area contributed by atoms with Crippen LogP contribution in [0.1, 0.15) is 48.3 Å². The van der Waals surface area contributed by atoms with E-state index in [0.29, 0.717) is 43.9 Å².